The molecule has 0 saturated heterocycles. The van der Waals surface area contributed by atoms with Crippen molar-refractivity contribution in [3.63, 3.8) is 0 Å². The molecule has 0 saturated carbocycles. The van der Waals surface area contributed by atoms with Gasteiger partial charge >= 0.3 is 6.18 Å². The highest BCUT2D eigenvalue weighted by Gasteiger charge is 2.33. The largest absolute Gasteiger partial charge is 0.425 e. The zero-order valence-corrected chi connectivity index (χ0v) is 12.7. The Hall–Kier alpha value is -0.400. The SMILES string of the molecule is CC(C)[C@H](CC(C)S(N)=O)c1ccc(C(F)(F)F)s1. The van der Waals surface area contributed by atoms with Crippen molar-refractivity contribution in [2.75, 3.05) is 0 Å². The predicted octanol–water partition coefficient (Wildman–Crippen LogP) is 3.91. The van der Waals surface area contributed by atoms with E-state index in [2.05, 4.69) is 0 Å². The molecule has 19 heavy (non-hydrogen) atoms. The zero-order valence-electron chi connectivity index (χ0n) is 11.0. The summed E-state index contributed by atoms with van der Waals surface area (Å²) < 4.78 is 49.0. The average molecular weight is 313 g/mol. The van der Waals surface area contributed by atoms with Gasteiger partial charge < -0.3 is 0 Å². The molecule has 0 aliphatic heterocycles. The van der Waals surface area contributed by atoms with E-state index < -0.39 is 22.0 Å². The van der Waals surface area contributed by atoms with Crippen molar-refractivity contribution < 1.29 is 17.4 Å². The lowest BCUT2D eigenvalue weighted by Gasteiger charge is -2.22. The maximum absolute atomic E-state index is 12.6. The summed E-state index contributed by atoms with van der Waals surface area (Å²) in [6, 6.07) is 2.63. The number of nitrogens with two attached hydrogens (primary N) is 1. The molecule has 1 aromatic heterocycles. The van der Waals surface area contributed by atoms with Crippen LogP contribution in [0.25, 0.3) is 0 Å². The van der Waals surface area contributed by atoms with Gasteiger partial charge in [0.1, 0.15) is 4.88 Å². The van der Waals surface area contributed by atoms with E-state index >= 15 is 0 Å². The minimum atomic E-state index is -4.30. The average Bonchev–Trinajstić information content (AvgIpc) is 2.73. The van der Waals surface area contributed by atoms with Gasteiger partial charge in [-0.15, -0.1) is 11.3 Å². The second-order valence-corrected chi connectivity index (χ2v) is 7.50. The number of hydrogen-bond acceptors (Lipinski definition) is 2. The van der Waals surface area contributed by atoms with Crippen molar-refractivity contribution in [1.29, 1.82) is 0 Å². The Kier molecular flexibility index (Phi) is 5.58. The van der Waals surface area contributed by atoms with Gasteiger partial charge in [0.25, 0.3) is 0 Å². The Labute approximate surface area is 117 Å². The third-order valence-corrected chi connectivity index (χ3v) is 5.31. The molecule has 0 fully saturated rings. The van der Waals surface area contributed by atoms with Gasteiger partial charge in [0.05, 0.1) is 11.0 Å². The van der Waals surface area contributed by atoms with Crippen LogP contribution in [0.4, 0.5) is 13.2 Å². The smallest absolute Gasteiger partial charge is 0.252 e. The minimum Gasteiger partial charge on any atom is -0.252 e. The number of alkyl halides is 3. The summed E-state index contributed by atoms with van der Waals surface area (Å²) in [5.74, 6) is 0.120. The number of rotatable bonds is 5. The summed E-state index contributed by atoms with van der Waals surface area (Å²) in [5.41, 5.74) is 0. The van der Waals surface area contributed by atoms with Crippen molar-refractivity contribution in [3.8, 4) is 0 Å². The highest BCUT2D eigenvalue weighted by atomic mass is 32.2. The first-order valence-corrected chi connectivity index (χ1v) is 8.04. The van der Waals surface area contributed by atoms with Crippen LogP contribution < -0.4 is 5.14 Å². The number of halogens is 3. The van der Waals surface area contributed by atoms with E-state index in [1.54, 1.807) is 6.92 Å². The quantitative estimate of drug-likeness (QED) is 0.880. The molecular formula is C12H18F3NOS2. The van der Waals surface area contributed by atoms with Crippen molar-refractivity contribution in [1.82, 2.24) is 0 Å². The Bertz CT molecular complexity index is 442. The van der Waals surface area contributed by atoms with Gasteiger partial charge in [-0.05, 0) is 37.3 Å². The standard InChI is InChI=1S/C12H18F3NOS2/c1-7(2)9(6-8(3)19(16)17)10-4-5-11(18-10)12(13,14)15/h4-5,7-9H,6,16H2,1-3H3/t8?,9-,19?/m0/s1. The van der Waals surface area contributed by atoms with Crippen molar-refractivity contribution in [2.24, 2.45) is 11.1 Å². The molecule has 7 heteroatoms. The monoisotopic (exact) mass is 313 g/mol. The summed E-state index contributed by atoms with van der Waals surface area (Å²) in [6.07, 6.45) is -3.77. The lowest BCUT2D eigenvalue weighted by molar-refractivity contribution is -0.134. The highest BCUT2D eigenvalue weighted by Crippen LogP contribution is 2.40. The normalized spacial score (nSPS) is 17.5. The van der Waals surface area contributed by atoms with Crippen LogP contribution in [0.5, 0.6) is 0 Å². The van der Waals surface area contributed by atoms with E-state index in [9.17, 15) is 17.4 Å². The molecular weight excluding hydrogens is 295 g/mol. The highest BCUT2D eigenvalue weighted by molar-refractivity contribution is 7.83. The Morgan fingerprint density at radius 3 is 2.26 bits per heavy atom. The molecule has 0 aromatic carbocycles. The molecule has 1 rings (SSSR count). The third-order valence-electron chi connectivity index (χ3n) is 3.06. The lowest BCUT2D eigenvalue weighted by atomic mass is 9.90. The third kappa shape index (κ3) is 4.57. The van der Waals surface area contributed by atoms with Crippen LogP contribution in [-0.2, 0) is 17.2 Å². The van der Waals surface area contributed by atoms with E-state index in [-0.39, 0.29) is 17.1 Å². The summed E-state index contributed by atoms with van der Waals surface area (Å²) in [5, 5.41) is 5.10. The molecule has 2 N–H and O–H groups in total. The van der Waals surface area contributed by atoms with Crippen LogP contribution in [0, 0.1) is 5.92 Å². The van der Waals surface area contributed by atoms with Crippen molar-refractivity contribution >= 4 is 22.3 Å². The molecule has 110 valence electrons. The van der Waals surface area contributed by atoms with E-state index in [1.165, 1.54) is 6.07 Å². The van der Waals surface area contributed by atoms with Gasteiger partial charge in [-0.3, -0.25) is 5.14 Å². The van der Waals surface area contributed by atoms with Crippen LogP contribution >= 0.6 is 11.3 Å². The summed E-state index contributed by atoms with van der Waals surface area (Å²) in [7, 11) is -1.45. The first-order chi connectivity index (χ1) is 8.62. The molecule has 0 radical (unpaired) electrons. The van der Waals surface area contributed by atoms with Gasteiger partial charge in [0.15, 0.2) is 0 Å². The number of thiophene rings is 1. The maximum atomic E-state index is 12.6. The predicted molar refractivity (Wildman–Crippen MR) is 73.3 cm³/mol. The molecule has 1 heterocycles. The summed E-state index contributed by atoms with van der Waals surface area (Å²) in [6.45, 7) is 5.65. The van der Waals surface area contributed by atoms with Crippen LogP contribution in [0.15, 0.2) is 12.1 Å². The molecule has 3 atom stereocenters. The van der Waals surface area contributed by atoms with E-state index in [1.807, 2.05) is 13.8 Å². The van der Waals surface area contributed by atoms with Crippen LogP contribution in [0.3, 0.4) is 0 Å². The van der Waals surface area contributed by atoms with Crippen LogP contribution in [-0.4, -0.2) is 9.46 Å². The summed E-state index contributed by atoms with van der Waals surface area (Å²) in [4.78, 5) is 0.0919. The van der Waals surface area contributed by atoms with Crippen LogP contribution in [0.1, 0.15) is 42.9 Å². The fourth-order valence-corrected chi connectivity index (χ4v) is 3.43. The number of hydrogen-bond donors (Lipinski definition) is 1. The second kappa shape index (κ2) is 6.37. The zero-order chi connectivity index (χ0) is 14.8. The first-order valence-electron chi connectivity index (χ1n) is 5.94. The first kappa shape index (κ1) is 16.7. The minimum absolute atomic E-state index is 0.0522. The fourth-order valence-electron chi connectivity index (χ4n) is 1.87. The van der Waals surface area contributed by atoms with Crippen LogP contribution in [0.2, 0.25) is 0 Å². The maximum Gasteiger partial charge on any atom is 0.425 e. The summed E-state index contributed by atoms with van der Waals surface area (Å²) >= 11 is 0.765. The Morgan fingerprint density at radius 1 is 1.32 bits per heavy atom. The van der Waals surface area contributed by atoms with Gasteiger partial charge in [-0.1, -0.05) is 13.8 Å². The second-order valence-electron chi connectivity index (χ2n) is 4.93. The van der Waals surface area contributed by atoms with Crippen molar-refractivity contribution in [3.05, 3.63) is 21.9 Å². The molecule has 0 aliphatic carbocycles. The molecule has 2 nitrogen and oxygen atoms in total. The van der Waals surface area contributed by atoms with Crippen molar-refractivity contribution in [2.45, 2.75) is 44.5 Å². The molecule has 0 spiro atoms. The Balaban J connectivity index is 2.94. The molecule has 0 bridgehead atoms. The van der Waals surface area contributed by atoms with E-state index in [0.717, 1.165) is 17.4 Å². The topological polar surface area (TPSA) is 43.1 Å². The van der Waals surface area contributed by atoms with Gasteiger partial charge in [-0.2, -0.15) is 13.2 Å². The molecule has 2 unspecified atom stereocenters. The molecule has 0 amide bonds. The van der Waals surface area contributed by atoms with Gasteiger partial charge in [0, 0.05) is 10.1 Å². The fraction of sp³-hybridized carbons (Fsp3) is 0.667. The van der Waals surface area contributed by atoms with E-state index in [0.29, 0.717) is 11.3 Å². The molecule has 1 aromatic rings. The van der Waals surface area contributed by atoms with E-state index in [4.69, 9.17) is 5.14 Å². The van der Waals surface area contributed by atoms with Gasteiger partial charge in [0.2, 0.25) is 0 Å². The lowest BCUT2D eigenvalue weighted by Crippen LogP contribution is -2.22. The molecule has 0 aliphatic rings. The van der Waals surface area contributed by atoms with Gasteiger partial charge in [-0.25, -0.2) is 4.21 Å². The Morgan fingerprint density at radius 2 is 1.89 bits per heavy atom.